The van der Waals surface area contributed by atoms with E-state index in [1.807, 2.05) is 24.3 Å². The zero-order chi connectivity index (χ0) is 15.7. The summed E-state index contributed by atoms with van der Waals surface area (Å²) in [5.74, 6) is 0.211. The summed E-state index contributed by atoms with van der Waals surface area (Å²) in [5.41, 5.74) is 1.88. The summed E-state index contributed by atoms with van der Waals surface area (Å²) in [6.45, 7) is 6.92. The lowest BCUT2D eigenvalue weighted by atomic mass is 10.0. The second-order valence-electron chi connectivity index (χ2n) is 6.18. The van der Waals surface area contributed by atoms with Crippen molar-refractivity contribution in [1.82, 2.24) is 4.90 Å². The second kappa shape index (κ2) is 6.18. The third-order valence-corrected chi connectivity index (χ3v) is 4.43. The van der Waals surface area contributed by atoms with Gasteiger partial charge in [-0.25, -0.2) is 4.90 Å². The number of benzene rings is 1. The summed E-state index contributed by atoms with van der Waals surface area (Å²) in [6.07, 6.45) is 0.269. The van der Waals surface area contributed by atoms with Gasteiger partial charge in [-0.1, -0.05) is 26.0 Å². The average molecular weight is 302 g/mol. The zero-order valence-electron chi connectivity index (χ0n) is 13.1. The molecule has 1 aromatic rings. The standard InChI is InChI=1S/C17H22N2O3/c1-12(2)13-3-5-14(6-4-13)19-16(20)11-15(17(19)21)18-7-9-22-10-8-18/h3-6,12,15H,7-11H2,1-2H3. The predicted molar refractivity (Wildman–Crippen MR) is 83.8 cm³/mol. The molecule has 1 aromatic carbocycles. The second-order valence-corrected chi connectivity index (χ2v) is 6.18. The van der Waals surface area contributed by atoms with Gasteiger partial charge in [0.25, 0.3) is 5.91 Å². The first-order chi connectivity index (χ1) is 10.6. The van der Waals surface area contributed by atoms with Crippen LogP contribution in [-0.2, 0) is 14.3 Å². The molecule has 0 saturated carbocycles. The van der Waals surface area contributed by atoms with Gasteiger partial charge in [0.05, 0.1) is 31.4 Å². The van der Waals surface area contributed by atoms with Gasteiger partial charge in [0.2, 0.25) is 5.91 Å². The number of amides is 2. The van der Waals surface area contributed by atoms with Crippen molar-refractivity contribution in [2.24, 2.45) is 0 Å². The van der Waals surface area contributed by atoms with Gasteiger partial charge in [-0.3, -0.25) is 14.5 Å². The lowest BCUT2D eigenvalue weighted by molar-refractivity contribution is -0.123. The van der Waals surface area contributed by atoms with Crippen LogP contribution in [0.15, 0.2) is 24.3 Å². The fraction of sp³-hybridized carbons (Fsp3) is 0.529. The quantitative estimate of drug-likeness (QED) is 0.799. The maximum Gasteiger partial charge on any atom is 0.251 e. The smallest absolute Gasteiger partial charge is 0.251 e. The van der Waals surface area contributed by atoms with Gasteiger partial charge in [-0.2, -0.15) is 0 Å². The molecule has 0 aromatic heterocycles. The fourth-order valence-electron chi connectivity index (χ4n) is 3.07. The maximum absolute atomic E-state index is 12.7. The van der Waals surface area contributed by atoms with Crippen LogP contribution < -0.4 is 4.90 Å². The van der Waals surface area contributed by atoms with Gasteiger partial charge >= 0.3 is 0 Å². The summed E-state index contributed by atoms with van der Waals surface area (Å²) < 4.78 is 5.32. The Bertz CT molecular complexity index is 562. The van der Waals surface area contributed by atoms with Gasteiger partial charge in [0.1, 0.15) is 0 Å². The van der Waals surface area contributed by atoms with Crippen molar-refractivity contribution in [1.29, 1.82) is 0 Å². The largest absolute Gasteiger partial charge is 0.379 e. The number of hydrogen-bond donors (Lipinski definition) is 0. The normalized spacial score (nSPS) is 23.6. The summed E-state index contributed by atoms with van der Waals surface area (Å²) in [4.78, 5) is 28.4. The van der Waals surface area contributed by atoms with Crippen LogP contribution in [-0.4, -0.2) is 49.1 Å². The Hall–Kier alpha value is -1.72. The molecule has 0 radical (unpaired) electrons. The minimum absolute atomic E-state index is 0.107. The molecule has 0 aliphatic carbocycles. The Morgan fingerprint density at radius 2 is 1.73 bits per heavy atom. The lowest BCUT2D eigenvalue weighted by Gasteiger charge is -2.30. The van der Waals surface area contributed by atoms with E-state index in [1.54, 1.807) is 0 Å². The number of imide groups is 1. The van der Waals surface area contributed by atoms with E-state index in [1.165, 1.54) is 10.5 Å². The number of nitrogens with zero attached hydrogens (tertiary/aromatic N) is 2. The molecule has 2 aliphatic rings. The van der Waals surface area contributed by atoms with Crippen molar-refractivity contribution in [2.45, 2.75) is 32.2 Å². The highest BCUT2D eigenvalue weighted by Gasteiger charge is 2.42. The van der Waals surface area contributed by atoms with Crippen molar-refractivity contribution < 1.29 is 14.3 Å². The Morgan fingerprint density at radius 3 is 2.32 bits per heavy atom. The van der Waals surface area contributed by atoms with Crippen LogP contribution in [0.25, 0.3) is 0 Å². The summed E-state index contributed by atoms with van der Waals surface area (Å²) in [5, 5.41) is 0. The van der Waals surface area contributed by atoms with Crippen LogP contribution in [0.5, 0.6) is 0 Å². The SMILES string of the molecule is CC(C)c1ccc(N2C(=O)CC(N3CCOCC3)C2=O)cc1. The van der Waals surface area contributed by atoms with E-state index in [9.17, 15) is 9.59 Å². The van der Waals surface area contributed by atoms with Crippen molar-refractivity contribution in [3.05, 3.63) is 29.8 Å². The molecule has 5 heteroatoms. The fourth-order valence-corrected chi connectivity index (χ4v) is 3.07. The monoisotopic (exact) mass is 302 g/mol. The molecule has 2 heterocycles. The van der Waals surface area contributed by atoms with Gasteiger partial charge in [0.15, 0.2) is 0 Å². The molecule has 0 spiro atoms. The van der Waals surface area contributed by atoms with Crippen molar-refractivity contribution in [3.8, 4) is 0 Å². The number of rotatable bonds is 3. The molecule has 2 amide bonds. The van der Waals surface area contributed by atoms with E-state index in [2.05, 4.69) is 18.7 Å². The first kappa shape index (κ1) is 15.2. The molecule has 1 unspecified atom stereocenters. The van der Waals surface area contributed by atoms with Gasteiger partial charge < -0.3 is 4.74 Å². The summed E-state index contributed by atoms with van der Waals surface area (Å²) in [7, 11) is 0. The van der Waals surface area contributed by atoms with Crippen LogP contribution in [0.3, 0.4) is 0 Å². The molecule has 0 bridgehead atoms. The van der Waals surface area contributed by atoms with E-state index in [-0.39, 0.29) is 24.3 Å². The topological polar surface area (TPSA) is 49.9 Å². The highest BCUT2D eigenvalue weighted by molar-refractivity contribution is 6.22. The van der Waals surface area contributed by atoms with Crippen LogP contribution in [0.1, 0.15) is 31.7 Å². The minimum atomic E-state index is -0.332. The number of anilines is 1. The first-order valence-corrected chi connectivity index (χ1v) is 7.86. The molecule has 22 heavy (non-hydrogen) atoms. The van der Waals surface area contributed by atoms with Crippen molar-refractivity contribution in [2.75, 3.05) is 31.2 Å². The third kappa shape index (κ3) is 2.78. The number of morpholine rings is 1. The molecule has 2 fully saturated rings. The number of ether oxygens (including phenoxy) is 1. The molecule has 3 rings (SSSR count). The Morgan fingerprint density at radius 1 is 1.09 bits per heavy atom. The van der Waals surface area contributed by atoms with Gasteiger partial charge in [-0.05, 0) is 23.6 Å². The van der Waals surface area contributed by atoms with Crippen molar-refractivity contribution >= 4 is 17.5 Å². The van der Waals surface area contributed by atoms with E-state index >= 15 is 0 Å². The minimum Gasteiger partial charge on any atom is -0.379 e. The molecule has 2 saturated heterocycles. The van der Waals surface area contributed by atoms with Crippen molar-refractivity contribution in [3.63, 3.8) is 0 Å². The molecule has 2 aliphatic heterocycles. The summed E-state index contributed by atoms with van der Waals surface area (Å²) >= 11 is 0. The maximum atomic E-state index is 12.7. The van der Waals surface area contributed by atoms with E-state index in [0.717, 1.165) is 0 Å². The van der Waals surface area contributed by atoms with Crippen LogP contribution in [0, 0.1) is 0 Å². The number of carbonyl (C=O) groups excluding carboxylic acids is 2. The van der Waals surface area contributed by atoms with Gasteiger partial charge in [0, 0.05) is 13.1 Å². The number of hydrogen-bond acceptors (Lipinski definition) is 4. The highest BCUT2D eigenvalue weighted by atomic mass is 16.5. The predicted octanol–water partition coefficient (Wildman–Crippen LogP) is 1.77. The lowest BCUT2D eigenvalue weighted by Crippen LogP contribution is -2.47. The zero-order valence-corrected chi connectivity index (χ0v) is 13.1. The molecule has 1 atom stereocenters. The molecule has 0 N–H and O–H groups in total. The molecule has 5 nitrogen and oxygen atoms in total. The molecular formula is C17H22N2O3. The third-order valence-electron chi connectivity index (χ3n) is 4.43. The van der Waals surface area contributed by atoms with Gasteiger partial charge in [-0.15, -0.1) is 0 Å². The molecular weight excluding hydrogens is 280 g/mol. The van der Waals surface area contributed by atoms with Crippen LogP contribution in [0.4, 0.5) is 5.69 Å². The Labute approximate surface area is 130 Å². The van der Waals surface area contributed by atoms with Crippen LogP contribution >= 0.6 is 0 Å². The summed E-state index contributed by atoms with van der Waals surface area (Å²) in [6, 6.07) is 7.38. The van der Waals surface area contributed by atoms with Crippen LogP contribution in [0.2, 0.25) is 0 Å². The Balaban J connectivity index is 1.78. The number of carbonyl (C=O) groups is 2. The van der Waals surface area contributed by atoms with E-state index in [0.29, 0.717) is 37.9 Å². The Kier molecular flexibility index (Phi) is 4.27. The average Bonchev–Trinajstić information content (AvgIpc) is 2.83. The van der Waals surface area contributed by atoms with E-state index < -0.39 is 0 Å². The molecule has 118 valence electrons. The van der Waals surface area contributed by atoms with E-state index in [4.69, 9.17) is 4.74 Å². The highest BCUT2D eigenvalue weighted by Crippen LogP contribution is 2.27. The first-order valence-electron chi connectivity index (χ1n) is 7.86.